The number of carboxylic acids is 1. The smallest absolute Gasteiger partial charge is 0.323 e. The molecule has 6 N–H and O–H groups in total. The van der Waals surface area contributed by atoms with E-state index in [-0.39, 0.29) is 17.3 Å². The van der Waals surface area contributed by atoms with Crippen molar-refractivity contribution in [3.8, 4) is 0 Å². The van der Waals surface area contributed by atoms with Gasteiger partial charge in [0.2, 0.25) is 15.9 Å². The van der Waals surface area contributed by atoms with Crippen molar-refractivity contribution in [2.45, 2.75) is 36.8 Å². The molecule has 0 aromatic heterocycles. The number of sulfonamides is 1. The Morgan fingerprint density at radius 1 is 1.25 bits per heavy atom. The number of carbonyl (C=O) groups excluding carboxylic acids is 1. The number of benzene rings is 2. The minimum atomic E-state index is -4.09. The minimum absolute atomic E-state index is 0.0297. The molecule has 0 saturated heterocycles. The quantitative estimate of drug-likeness (QED) is 0.262. The first-order valence-corrected chi connectivity index (χ1v) is 12.4. The number of rotatable bonds is 10. The Hall–Kier alpha value is -3.97. The van der Waals surface area contributed by atoms with Crippen LogP contribution >= 0.6 is 0 Å². The maximum atomic E-state index is 12.9. The Morgan fingerprint density at radius 3 is 2.56 bits per heavy atom. The van der Waals surface area contributed by atoms with E-state index in [1.54, 1.807) is 43.3 Å². The van der Waals surface area contributed by atoms with E-state index in [2.05, 4.69) is 15.5 Å². The summed E-state index contributed by atoms with van der Waals surface area (Å²) < 4.78 is 26.5. The second-order valence-electron chi connectivity index (χ2n) is 8.25. The summed E-state index contributed by atoms with van der Waals surface area (Å²) in [7, 11) is -2.92. The molecule has 1 heterocycles. The number of hydrogen-bond acceptors (Lipinski definition) is 7. The van der Waals surface area contributed by atoms with Crippen LogP contribution in [0.4, 0.5) is 5.69 Å². The fraction of sp³-hybridized carbons (Fsp3) is 0.304. The number of nitrogens with zero attached hydrogens (tertiary/aromatic N) is 3. The van der Waals surface area contributed by atoms with Crippen molar-refractivity contribution in [1.82, 2.24) is 9.62 Å². The van der Waals surface area contributed by atoms with Gasteiger partial charge in [-0.25, -0.2) is 13.4 Å². The summed E-state index contributed by atoms with van der Waals surface area (Å²) >= 11 is 0. The zero-order chi connectivity index (χ0) is 26.5. The van der Waals surface area contributed by atoms with Crippen molar-refractivity contribution in [1.29, 1.82) is 0 Å². The molecule has 1 aliphatic heterocycles. The molecule has 12 nitrogen and oxygen atoms in total. The Labute approximate surface area is 208 Å². The SMILES string of the molecule is Cc1cccc(S(=O)(=O)N(C)[C@@H](CNC(=O)C[C@H]2CC(c3ccc(N=C(N)N)cc3)=NO2)C(=O)O)c1. The molecule has 1 amide bonds. The van der Waals surface area contributed by atoms with Gasteiger partial charge in [-0.15, -0.1) is 0 Å². The molecule has 0 unspecified atom stereocenters. The third kappa shape index (κ3) is 6.58. The molecule has 0 saturated carbocycles. The summed E-state index contributed by atoms with van der Waals surface area (Å²) in [5.74, 6) is -1.94. The number of guanidine groups is 1. The first kappa shape index (κ1) is 26.6. The first-order chi connectivity index (χ1) is 17.0. The lowest BCUT2D eigenvalue weighted by molar-refractivity contribution is -0.141. The summed E-state index contributed by atoms with van der Waals surface area (Å²) in [5, 5.41) is 16.1. The van der Waals surface area contributed by atoms with Gasteiger partial charge >= 0.3 is 5.97 Å². The van der Waals surface area contributed by atoms with E-state index in [4.69, 9.17) is 16.3 Å². The summed E-state index contributed by atoms with van der Waals surface area (Å²) in [5.41, 5.74) is 13.4. The number of nitrogens with two attached hydrogens (primary N) is 2. The fourth-order valence-corrected chi connectivity index (χ4v) is 4.97. The van der Waals surface area contributed by atoms with Crippen LogP contribution in [0, 0.1) is 6.92 Å². The predicted octanol–water partition coefficient (Wildman–Crippen LogP) is 0.673. The zero-order valence-corrected chi connectivity index (χ0v) is 20.6. The summed E-state index contributed by atoms with van der Waals surface area (Å²) in [6.45, 7) is 1.32. The van der Waals surface area contributed by atoms with Crippen molar-refractivity contribution in [3.05, 3.63) is 59.7 Å². The Morgan fingerprint density at radius 2 is 1.94 bits per heavy atom. The van der Waals surface area contributed by atoms with Gasteiger partial charge in [-0.1, -0.05) is 29.4 Å². The molecule has 1 aliphatic rings. The minimum Gasteiger partial charge on any atom is -0.480 e. The zero-order valence-electron chi connectivity index (χ0n) is 19.8. The van der Waals surface area contributed by atoms with Crippen LogP contribution in [0.3, 0.4) is 0 Å². The molecule has 0 fully saturated rings. The highest BCUT2D eigenvalue weighted by Crippen LogP contribution is 2.22. The van der Waals surface area contributed by atoms with Crippen molar-refractivity contribution >= 4 is 39.3 Å². The van der Waals surface area contributed by atoms with Gasteiger partial charge in [0.1, 0.15) is 12.1 Å². The van der Waals surface area contributed by atoms with Gasteiger partial charge in [0.05, 0.1) is 22.7 Å². The molecule has 3 rings (SSSR count). The monoisotopic (exact) mass is 516 g/mol. The Bertz CT molecular complexity index is 1290. The van der Waals surface area contributed by atoms with E-state index in [1.165, 1.54) is 19.2 Å². The second kappa shape index (κ2) is 11.2. The standard InChI is InChI=1S/C23H28N6O6S/c1-14-4-3-5-18(10-14)36(33,34)29(2)20(22(31)32)13-26-21(30)12-17-11-19(28-35-17)15-6-8-16(9-7-15)27-23(24)25/h3-10,17,20H,11-13H2,1-2H3,(H,26,30)(H,31,32)(H4,24,25,27)/t17-,20+/m1/s1. The molecular weight excluding hydrogens is 488 g/mol. The van der Waals surface area contributed by atoms with E-state index >= 15 is 0 Å². The van der Waals surface area contributed by atoms with Gasteiger partial charge in [-0.05, 0) is 42.3 Å². The number of likely N-dealkylation sites (N-methyl/N-ethyl adjacent to an activating group) is 1. The van der Waals surface area contributed by atoms with Crippen LogP contribution in [0.25, 0.3) is 0 Å². The Balaban J connectivity index is 1.56. The average Bonchev–Trinajstić information content (AvgIpc) is 3.27. The number of aryl methyl sites for hydroxylation is 1. The maximum absolute atomic E-state index is 12.9. The fourth-order valence-electron chi connectivity index (χ4n) is 3.56. The predicted molar refractivity (Wildman–Crippen MR) is 133 cm³/mol. The topological polar surface area (TPSA) is 190 Å². The van der Waals surface area contributed by atoms with Crippen LogP contribution in [0.1, 0.15) is 24.0 Å². The number of carbonyl (C=O) groups is 2. The molecule has 192 valence electrons. The third-order valence-corrected chi connectivity index (χ3v) is 7.35. The number of hydrogen-bond donors (Lipinski definition) is 4. The van der Waals surface area contributed by atoms with E-state index in [9.17, 15) is 23.1 Å². The summed E-state index contributed by atoms with van der Waals surface area (Å²) in [4.78, 5) is 33.5. The molecule has 2 aromatic rings. The van der Waals surface area contributed by atoms with Gasteiger partial charge in [0, 0.05) is 20.0 Å². The van der Waals surface area contributed by atoms with E-state index in [0.717, 1.165) is 9.87 Å². The number of amides is 1. The molecule has 2 aromatic carbocycles. The average molecular weight is 517 g/mol. The summed E-state index contributed by atoms with van der Waals surface area (Å²) in [6, 6.07) is 11.6. The van der Waals surface area contributed by atoms with E-state index in [0.29, 0.717) is 23.4 Å². The number of aliphatic carboxylic acids is 1. The molecule has 36 heavy (non-hydrogen) atoms. The van der Waals surface area contributed by atoms with Gasteiger partial charge in [0.15, 0.2) is 5.96 Å². The van der Waals surface area contributed by atoms with Crippen molar-refractivity contribution < 1.29 is 28.0 Å². The van der Waals surface area contributed by atoms with Crippen LogP contribution in [0.2, 0.25) is 0 Å². The lowest BCUT2D eigenvalue weighted by Crippen LogP contribution is -2.49. The maximum Gasteiger partial charge on any atom is 0.323 e. The van der Waals surface area contributed by atoms with Gasteiger partial charge in [-0.3, -0.25) is 9.59 Å². The van der Waals surface area contributed by atoms with E-state index < -0.39 is 40.6 Å². The van der Waals surface area contributed by atoms with Gasteiger partial charge < -0.3 is 26.7 Å². The van der Waals surface area contributed by atoms with Crippen LogP contribution in [0.5, 0.6) is 0 Å². The largest absolute Gasteiger partial charge is 0.480 e. The number of carboxylic acid groups (broad SMARTS) is 1. The van der Waals surface area contributed by atoms with E-state index in [1.807, 2.05) is 0 Å². The molecule has 0 bridgehead atoms. The van der Waals surface area contributed by atoms with Crippen LogP contribution < -0.4 is 16.8 Å². The molecule has 13 heteroatoms. The van der Waals surface area contributed by atoms with Crippen molar-refractivity contribution in [3.63, 3.8) is 0 Å². The van der Waals surface area contributed by atoms with Crippen molar-refractivity contribution in [2.24, 2.45) is 21.6 Å². The van der Waals surface area contributed by atoms with Crippen molar-refractivity contribution in [2.75, 3.05) is 13.6 Å². The highest BCUT2D eigenvalue weighted by atomic mass is 32.2. The number of oxime groups is 1. The molecule has 0 aliphatic carbocycles. The van der Waals surface area contributed by atoms with Gasteiger partial charge in [0.25, 0.3) is 0 Å². The lowest BCUT2D eigenvalue weighted by Gasteiger charge is -2.24. The molecule has 0 radical (unpaired) electrons. The normalized spacial score (nSPS) is 16.1. The highest BCUT2D eigenvalue weighted by molar-refractivity contribution is 7.89. The third-order valence-electron chi connectivity index (χ3n) is 5.49. The lowest BCUT2D eigenvalue weighted by atomic mass is 10.0. The van der Waals surface area contributed by atoms with Gasteiger partial charge in [-0.2, -0.15) is 4.31 Å². The molecule has 2 atom stereocenters. The van der Waals surface area contributed by atoms with Crippen LogP contribution in [0.15, 0.2) is 63.6 Å². The molecule has 0 spiro atoms. The summed E-state index contributed by atoms with van der Waals surface area (Å²) in [6.07, 6.45) is -0.270. The van der Waals surface area contributed by atoms with Crippen LogP contribution in [-0.2, 0) is 24.4 Å². The second-order valence-corrected chi connectivity index (χ2v) is 10.3. The Kier molecular flexibility index (Phi) is 8.27. The number of nitrogens with one attached hydrogen (secondary N) is 1. The first-order valence-electron chi connectivity index (χ1n) is 10.9. The van der Waals surface area contributed by atoms with Crippen LogP contribution in [-0.4, -0.2) is 67.1 Å². The highest BCUT2D eigenvalue weighted by Gasteiger charge is 2.33. The number of aliphatic imine (C=N–C) groups is 1. The molecular formula is C23H28N6O6S.